The molecule has 0 radical (unpaired) electrons. The number of benzene rings is 3. The lowest BCUT2D eigenvalue weighted by atomic mass is 9.98. The average Bonchev–Trinajstić information content (AvgIpc) is 2.79. The predicted molar refractivity (Wildman–Crippen MR) is 123 cm³/mol. The summed E-state index contributed by atoms with van der Waals surface area (Å²) >= 11 is 0. The van der Waals surface area contributed by atoms with Crippen LogP contribution in [0.15, 0.2) is 60.7 Å². The molecule has 1 aromatic heterocycles. The quantitative estimate of drug-likeness (QED) is 0.172. The van der Waals surface area contributed by atoms with Gasteiger partial charge < -0.3 is 15.3 Å². The fourth-order valence-corrected chi connectivity index (χ4v) is 3.45. The number of phenols is 3. The molecule has 0 unspecified atom stereocenters. The molecular formula is C25H18N2O6. The minimum absolute atomic E-state index is 0.0350. The Morgan fingerprint density at radius 3 is 2.39 bits per heavy atom. The zero-order valence-corrected chi connectivity index (χ0v) is 17.4. The Balaban J connectivity index is 1.69. The van der Waals surface area contributed by atoms with Crippen molar-refractivity contribution in [1.29, 1.82) is 0 Å². The molecule has 164 valence electrons. The number of nitro groups is 1. The molecule has 1 heterocycles. The molecule has 8 nitrogen and oxygen atoms in total. The van der Waals surface area contributed by atoms with Gasteiger partial charge in [-0.25, -0.2) is 4.98 Å². The number of carbonyl (C=O) groups excluding carboxylic acids is 1. The van der Waals surface area contributed by atoms with Gasteiger partial charge in [-0.15, -0.1) is 0 Å². The largest absolute Gasteiger partial charge is 0.505 e. The standard InChI is InChI=1S/C25H18N2O6/c1-14-12-17(6-10-20(14)27(32)33)24(30)19-9-5-16-4-8-18(26-23(16)25(19)31)7-2-15-3-11-21(28)22(29)13-15/h2-13,28-29,31H,1H3/b7-2+. The first-order valence-electron chi connectivity index (χ1n) is 9.87. The summed E-state index contributed by atoms with van der Waals surface area (Å²) in [5.74, 6) is -1.23. The van der Waals surface area contributed by atoms with E-state index >= 15 is 0 Å². The van der Waals surface area contributed by atoms with E-state index in [-0.39, 0.29) is 39.6 Å². The Bertz CT molecular complexity index is 1460. The van der Waals surface area contributed by atoms with E-state index in [2.05, 4.69) is 4.98 Å². The maximum Gasteiger partial charge on any atom is 0.272 e. The summed E-state index contributed by atoms with van der Waals surface area (Å²) in [5, 5.41) is 41.5. The number of ketones is 1. The van der Waals surface area contributed by atoms with Crippen molar-refractivity contribution >= 4 is 34.5 Å². The van der Waals surface area contributed by atoms with Gasteiger partial charge in [0.05, 0.1) is 16.2 Å². The van der Waals surface area contributed by atoms with Crippen LogP contribution >= 0.6 is 0 Å². The molecule has 0 saturated carbocycles. The minimum Gasteiger partial charge on any atom is -0.505 e. The molecule has 0 amide bonds. The van der Waals surface area contributed by atoms with Gasteiger partial charge in [0.1, 0.15) is 5.52 Å². The molecule has 0 spiro atoms. The highest BCUT2D eigenvalue weighted by Crippen LogP contribution is 2.31. The molecule has 0 bridgehead atoms. The highest BCUT2D eigenvalue weighted by atomic mass is 16.6. The van der Waals surface area contributed by atoms with Crippen molar-refractivity contribution in [2.24, 2.45) is 0 Å². The van der Waals surface area contributed by atoms with E-state index in [0.717, 1.165) is 0 Å². The smallest absolute Gasteiger partial charge is 0.272 e. The van der Waals surface area contributed by atoms with E-state index in [0.29, 0.717) is 22.2 Å². The normalized spacial score (nSPS) is 11.2. The van der Waals surface area contributed by atoms with E-state index in [4.69, 9.17) is 0 Å². The number of nitrogens with zero attached hydrogens (tertiary/aromatic N) is 2. The number of hydrogen-bond acceptors (Lipinski definition) is 7. The fraction of sp³-hybridized carbons (Fsp3) is 0.0400. The Morgan fingerprint density at radius 2 is 1.70 bits per heavy atom. The molecule has 8 heteroatoms. The van der Waals surface area contributed by atoms with Gasteiger partial charge in [-0.1, -0.05) is 24.3 Å². The van der Waals surface area contributed by atoms with Crippen LogP contribution in [0.4, 0.5) is 5.69 Å². The van der Waals surface area contributed by atoms with Crippen LogP contribution in [0.3, 0.4) is 0 Å². The first-order valence-corrected chi connectivity index (χ1v) is 9.87. The molecule has 0 atom stereocenters. The third-order valence-electron chi connectivity index (χ3n) is 5.20. The number of fused-ring (bicyclic) bond motifs is 1. The molecule has 0 saturated heterocycles. The van der Waals surface area contributed by atoms with Crippen molar-refractivity contribution in [3.63, 3.8) is 0 Å². The van der Waals surface area contributed by atoms with Crippen LogP contribution in [0.1, 0.15) is 32.7 Å². The van der Waals surface area contributed by atoms with Crippen molar-refractivity contribution < 1.29 is 25.0 Å². The van der Waals surface area contributed by atoms with Crippen LogP contribution in [-0.2, 0) is 0 Å². The number of aromatic hydroxyl groups is 3. The van der Waals surface area contributed by atoms with Gasteiger partial charge in [0.15, 0.2) is 23.0 Å². The molecule has 0 aliphatic heterocycles. The lowest BCUT2D eigenvalue weighted by Gasteiger charge is -2.08. The van der Waals surface area contributed by atoms with Crippen molar-refractivity contribution in [3.05, 3.63) is 98.7 Å². The zero-order chi connectivity index (χ0) is 23.7. The lowest BCUT2D eigenvalue weighted by molar-refractivity contribution is -0.385. The average molecular weight is 442 g/mol. The number of phenolic OH excluding ortho intramolecular Hbond substituents is 3. The monoisotopic (exact) mass is 442 g/mol. The van der Waals surface area contributed by atoms with Crippen LogP contribution in [0, 0.1) is 17.0 Å². The summed E-state index contributed by atoms with van der Waals surface area (Å²) < 4.78 is 0. The Labute approximate surface area is 187 Å². The third kappa shape index (κ3) is 4.22. The summed E-state index contributed by atoms with van der Waals surface area (Å²) in [6.07, 6.45) is 3.35. The van der Waals surface area contributed by atoms with E-state index < -0.39 is 10.7 Å². The number of nitro benzene ring substituents is 1. The molecule has 33 heavy (non-hydrogen) atoms. The number of aryl methyl sites for hydroxylation is 1. The van der Waals surface area contributed by atoms with E-state index in [1.807, 2.05) is 0 Å². The first kappa shape index (κ1) is 21.5. The number of carbonyl (C=O) groups is 1. The van der Waals surface area contributed by atoms with E-state index in [9.17, 15) is 30.2 Å². The third-order valence-corrected chi connectivity index (χ3v) is 5.20. The number of hydrogen-bond donors (Lipinski definition) is 3. The first-order chi connectivity index (χ1) is 15.7. The molecule has 3 aromatic carbocycles. The van der Waals surface area contributed by atoms with Gasteiger partial charge in [-0.3, -0.25) is 14.9 Å². The van der Waals surface area contributed by atoms with Crippen LogP contribution < -0.4 is 0 Å². The molecular weight excluding hydrogens is 424 g/mol. The van der Waals surface area contributed by atoms with Gasteiger partial charge in [0.2, 0.25) is 0 Å². The van der Waals surface area contributed by atoms with Crippen LogP contribution in [-0.4, -0.2) is 31.0 Å². The van der Waals surface area contributed by atoms with Crippen molar-refractivity contribution in [3.8, 4) is 17.2 Å². The summed E-state index contributed by atoms with van der Waals surface area (Å²) in [6, 6.07) is 15.1. The highest BCUT2D eigenvalue weighted by molar-refractivity contribution is 6.13. The molecule has 0 fully saturated rings. The van der Waals surface area contributed by atoms with Crippen LogP contribution in [0.5, 0.6) is 17.2 Å². The second kappa shape index (κ2) is 8.43. The minimum atomic E-state index is -0.518. The SMILES string of the molecule is Cc1cc(C(=O)c2ccc3ccc(/C=C/c4ccc(O)c(O)c4)nc3c2O)ccc1[N+](=O)[O-]. The lowest BCUT2D eigenvalue weighted by Crippen LogP contribution is -2.04. The van der Waals surface area contributed by atoms with E-state index in [1.54, 1.807) is 43.3 Å². The van der Waals surface area contributed by atoms with Crippen LogP contribution in [0.25, 0.3) is 23.1 Å². The van der Waals surface area contributed by atoms with Gasteiger partial charge in [0, 0.05) is 22.6 Å². The van der Waals surface area contributed by atoms with Crippen molar-refractivity contribution in [1.82, 2.24) is 4.98 Å². The van der Waals surface area contributed by atoms with Gasteiger partial charge >= 0.3 is 0 Å². The molecule has 3 N–H and O–H groups in total. The predicted octanol–water partition coefficient (Wildman–Crippen LogP) is 4.97. The van der Waals surface area contributed by atoms with Crippen molar-refractivity contribution in [2.75, 3.05) is 0 Å². The molecule has 0 aliphatic rings. The second-order valence-corrected chi connectivity index (χ2v) is 7.44. The van der Waals surface area contributed by atoms with Gasteiger partial charge in [0.25, 0.3) is 5.69 Å². The summed E-state index contributed by atoms with van der Waals surface area (Å²) in [7, 11) is 0. The molecule has 0 aliphatic carbocycles. The van der Waals surface area contributed by atoms with Gasteiger partial charge in [-0.05, 0) is 55.0 Å². The number of rotatable bonds is 5. The highest BCUT2D eigenvalue weighted by Gasteiger charge is 2.19. The Hall–Kier alpha value is -4.72. The van der Waals surface area contributed by atoms with E-state index in [1.165, 1.54) is 36.4 Å². The summed E-state index contributed by atoms with van der Waals surface area (Å²) in [4.78, 5) is 27.9. The molecule has 4 rings (SSSR count). The maximum absolute atomic E-state index is 13.0. The maximum atomic E-state index is 13.0. The second-order valence-electron chi connectivity index (χ2n) is 7.44. The summed E-state index contributed by atoms with van der Waals surface area (Å²) in [6.45, 7) is 1.54. The summed E-state index contributed by atoms with van der Waals surface area (Å²) in [5.41, 5.74) is 1.88. The molecule has 4 aromatic rings. The van der Waals surface area contributed by atoms with Crippen LogP contribution in [0.2, 0.25) is 0 Å². The zero-order valence-electron chi connectivity index (χ0n) is 17.4. The van der Waals surface area contributed by atoms with Gasteiger partial charge in [-0.2, -0.15) is 0 Å². The Kier molecular flexibility index (Phi) is 5.49. The Morgan fingerprint density at radius 1 is 0.939 bits per heavy atom. The number of aromatic nitrogens is 1. The van der Waals surface area contributed by atoms with Crippen molar-refractivity contribution in [2.45, 2.75) is 6.92 Å². The fourth-order valence-electron chi connectivity index (χ4n) is 3.45. The topological polar surface area (TPSA) is 134 Å². The number of pyridine rings is 1.